The monoisotopic (exact) mass is 802 g/mol. The molecule has 3 heteroatoms. The van der Waals surface area contributed by atoms with Crippen LogP contribution in [-0.2, 0) is 36.1 Å². The van der Waals surface area contributed by atoms with E-state index in [2.05, 4.69) is 168 Å². The minimum absolute atomic E-state index is 0. The molecule has 0 fully saturated rings. The van der Waals surface area contributed by atoms with E-state index in [1.807, 2.05) is 0 Å². The Hall–Kier alpha value is -2.83. The van der Waals surface area contributed by atoms with Crippen molar-refractivity contribution in [1.82, 2.24) is 0 Å². The van der Waals surface area contributed by atoms with Crippen molar-refractivity contribution in [3.8, 4) is 0 Å². The van der Waals surface area contributed by atoms with E-state index >= 15 is 0 Å². The fourth-order valence-electron chi connectivity index (χ4n) is 8.40. The molecule has 0 bridgehead atoms. The summed E-state index contributed by atoms with van der Waals surface area (Å²) in [6, 6.07) is 19.8. The first-order valence-electron chi connectivity index (χ1n) is 18.3. The third-order valence-electron chi connectivity index (χ3n) is 11.4. The van der Waals surface area contributed by atoms with Crippen LogP contribution < -0.4 is 35.3 Å². The van der Waals surface area contributed by atoms with E-state index in [-0.39, 0.29) is 35.6 Å². The van der Waals surface area contributed by atoms with Crippen LogP contribution in [0.15, 0.2) is 78.4 Å². The van der Waals surface area contributed by atoms with Gasteiger partial charge in [-0.25, -0.2) is 12.0 Å². The SMILES string of the molecule is CC1=CC=c2c1c1c(c3c2=C(C)[CH-]C3(C)C)CC2=C1CC(C)(C)C=C2.Cc1c[c-](C)c(C)c1C.Cc1ccc([C](=[Zr+2])c2ccc(C)cc2)cc1.[Cl-].[Cl-]. The van der Waals surface area contributed by atoms with Crippen molar-refractivity contribution in [2.45, 2.75) is 101 Å². The van der Waals surface area contributed by atoms with Crippen LogP contribution in [0.3, 0.4) is 0 Å². The van der Waals surface area contributed by atoms with Crippen molar-refractivity contribution >= 4 is 26.0 Å². The van der Waals surface area contributed by atoms with E-state index in [1.54, 1.807) is 27.8 Å². The molecule has 0 heterocycles. The maximum absolute atomic E-state index is 2.48. The first kappa shape index (κ1) is 41.9. The minimum atomic E-state index is 0. The van der Waals surface area contributed by atoms with Crippen molar-refractivity contribution < 1.29 is 49.0 Å². The largest absolute Gasteiger partial charge is 1.00 e. The topological polar surface area (TPSA) is 0 Å². The number of allylic oxidation sites excluding steroid dienone is 6. The van der Waals surface area contributed by atoms with E-state index in [9.17, 15) is 0 Å². The number of fused-ring (bicyclic) bond motifs is 7. The molecule has 0 aromatic heterocycles. The number of rotatable bonds is 2. The quantitative estimate of drug-likeness (QED) is 0.253. The molecule has 4 aromatic rings. The number of aryl methyl sites for hydroxylation is 4. The molecule has 4 aliphatic carbocycles. The Morgan fingerprint density at radius 2 is 1.33 bits per heavy atom. The molecule has 0 saturated carbocycles. The second-order valence-electron chi connectivity index (χ2n) is 16.5. The summed E-state index contributed by atoms with van der Waals surface area (Å²) in [5.41, 5.74) is 23.8. The van der Waals surface area contributed by atoms with Crippen molar-refractivity contribution in [2.24, 2.45) is 5.41 Å². The Balaban J connectivity index is 0.000000193. The number of hydrogen-bond donors (Lipinski definition) is 0. The van der Waals surface area contributed by atoms with Gasteiger partial charge in [-0.2, -0.15) is 33.5 Å². The Bertz CT molecular complexity index is 2180. The molecule has 0 amide bonds. The van der Waals surface area contributed by atoms with E-state index < -0.39 is 0 Å². The second kappa shape index (κ2) is 15.9. The normalized spacial score (nSPS) is 16.3. The number of benzene rings is 3. The summed E-state index contributed by atoms with van der Waals surface area (Å²) in [6.45, 7) is 27.0. The van der Waals surface area contributed by atoms with Crippen LogP contribution >= 0.6 is 0 Å². The summed E-state index contributed by atoms with van der Waals surface area (Å²) < 4.78 is 1.42. The zero-order valence-corrected chi connectivity index (χ0v) is 37.2. The van der Waals surface area contributed by atoms with Crippen LogP contribution in [-0.4, -0.2) is 3.21 Å². The first-order chi connectivity index (χ1) is 23.5. The third kappa shape index (κ3) is 7.99. The van der Waals surface area contributed by atoms with Crippen molar-refractivity contribution in [1.29, 1.82) is 0 Å². The molecule has 0 nitrogen and oxygen atoms in total. The Morgan fingerprint density at radius 3 is 1.81 bits per heavy atom. The van der Waals surface area contributed by atoms with Gasteiger partial charge in [-0.05, 0) is 53.0 Å². The maximum Gasteiger partial charge on any atom is -1.00 e. The molecule has 0 unspecified atom stereocenters. The number of hydrogen-bond acceptors (Lipinski definition) is 0. The van der Waals surface area contributed by atoms with E-state index in [0.717, 1.165) is 12.8 Å². The predicted molar refractivity (Wildman–Crippen MR) is 215 cm³/mol. The van der Waals surface area contributed by atoms with Crippen LogP contribution in [0.25, 0.3) is 22.8 Å². The fourth-order valence-corrected chi connectivity index (χ4v) is 9.22. The van der Waals surface area contributed by atoms with Crippen LogP contribution in [0.5, 0.6) is 0 Å². The Morgan fingerprint density at radius 1 is 0.769 bits per heavy atom. The number of halogens is 2. The summed E-state index contributed by atoms with van der Waals surface area (Å²) in [4.78, 5) is 0. The molecule has 0 saturated heterocycles. The fraction of sp³-hybridized carbons (Fsp3) is 0.327. The smallest absolute Gasteiger partial charge is 1.00 e. The molecule has 0 atom stereocenters. The zero-order chi connectivity index (χ0) is 36.3. The van der Waals surface area contributed by atoms with E-state index in [1.165, 1.54) is 99.1 Å². The summed E-state index contributed by atoms with van der Waals surface area (Å²) in [5.74, 6) is 0. The van der Waals surface area contributed by atoms with Crippen LogP contribution in [0.4, 0.5) is 0 Å². The summed E-state index contributed by atoms with van der Waals surface area (Å²) in [5, 5.41) is 3.00. The van der Waals surface area contributed by atoms with Gasteiger partial charge in [0.05, 0.1) is 0 Å². The first-order valence-corrected chi connectivity index (χ1v) is 19.5. The minimum Gasteiger partial charge on any atom is -1.00 e. The van der Waals surface area contributed by atoms with Gasteiger partial charge in [-0.3, -0.25) is 0 Å². The summed E-state index contributed by atoms with van der Waals surface area (Å²) in [6.07, 6.45) is 14.3. The molecule has 4 aromatic carbocycles. The van der Waals surface area contributed by atoms with Crippen LogP contribution in [0.1, 0.15) is 115 Å². The van der Waals surface area contributed by atoms with E-state index in [4.69, 9.17) is 0 Å². The van der Waals surface area contributed by atoms with E-state index in [0.29, 0.717) is 0 Å². The summed E-state index contributed by atoms with van der Waals surface area (Å²) >= 11 is 1.46. The van der Waals surface area contributed by atoms with Crippen LogP contribution in [0, 0.1) is 53.4 Å². The van der Waals surface area contributed by atoms with Gasteiger partial charge in [0, 0.05) is 0 Å². The average Bonchev–Trinajstić information content (AvgIpc) is 3.75. The molecule has 0 N–H and O–H groups in total. The molecule has 52 heavy (non-hydrogen) atoms. The van der Waals surface area contributed by atoms with Gasteiger partial charge in [0.2, 0.25) is 0 Å². The van der Waals surface area contributed by atoms with Gasteiger partial charge >= 0.3 is 112 Å². The molecular formula is C49H54Cl2Zr-2. The second-order valence-corrected chi connectivity index (χ2v) is 17.7. The van der Waals surface area contributed by atoms with Gasteiger partial charge in [0.25, 0.3) is 0 Å². The molecular weight excluding hydrogens is 751 g/mol. The summed E-state index contributed by atoms with van der Waals surface area (Å²) in [7, 11) is 0. The van der Waals surface area contributed by atoms with Crippen molar-refractivity contribution in [2.75, 3.05) is 0 Å². The molecule has 8 rings (SSSR count). The Labute approximate surface area is 341 Å². The molecule has 4 aliphatic rings. The predicted octanol–water partition coefficient (Wildman–Crippen LogP) is 4.91. The van der Waals surface area contributed by atoms with Gasteiger partial charge in [-0.15, -0.1) is 5.56 Å². The van der Waals surface area contributed by atoms with Gasteiger partial charge in [-0.1, -0.05) is 103 Å². The van der Waals surface area contributed by atoms with Crippen molar-refractivity contribution in [3.05, 3.63) is 162 Å². The molecule has 0 radical (unpaired) electrons. The van der Waals surface area contributed by atoms with Gasteiger partial charge < -0.3 is 24.8 Å². The maximum atomic E-state index is 2.48. The van der Waals surface area contributed by atoms with Crippen LogP contribution in [0.2, 0.25) is 0 Å². The van der Waals surface area contributed by atoms with Crippen molar-refractivity contribution in [3.63, 3.8) is 0 Å². The zero-order valence-electron chi connectivity index (χ0n) is 33.3. The van der Waals surface area contributed by atoms with Gasteiger partial charge in [0.1, 0.15) is 0 Å². The molecule has 270 valence electrons. The molecule has 0 spiro atoms. The Kier molecular flexibility index (Phi) is 12.8. The third-order valence-corrected chi connectivity index (χ3v) is 12.9. The molecule has 0 aliphatic heterocycles. The average molecular weight is 805 g/mol. The standard InChI is InChI=1S/C25H27.C15H14.C9H13.2ClH.Zr/c1-14-7-8-17-20(14)22-18(23-21(17)15(2)12-25(23,5)6)11-16-9-10-24(3,4)13-19(16)22;1-12-3-7-14(8-4-12)11-15-9-5-13(2)6-10-15;1-6-5-7(2)9(4)8(6)3;;;/h7-10,12H,11,13H2,1-6H3;3-10H,1-2H3;5H,1-4H3;2*1H;/q-1;;-1;;;+2/p-2. The van der Waals surface area contributed by atoms with Gasteiger partial charge in [0.15, 0.2) is 0 Å².